The lowest BCUT2D eigenvalue weighted by molar-refractivity contribution is 0.117. The van der Waals surface area contributed by atoms with Crippen LogP contribution in [0.4, 0.5) is 0 Å². The van der Waals surface area contributed by atoms with E-state index in [2.05, 4.69) is 32.8 Å². The SMILES string of the molecule is C#CC1C2=C(C)CCC1CC1C(C)=CCCC1(C)CC2. The third-order valence-corrected chi connectivity index (χ3v) is 6.54. The largest absolute Gasteiger partial charge is 0.119 e. The number of terminal acetylenes is 1. The molecule has 0 radical (unpaired) electrons. The summed E-state index contributed by atoms with van der Waals surface area (Å²) >= 11 is 0. The van der Waals surface area contributed by atoms with Crippen LogP contribution < -0.4 is 0 Å². The van der Waals surface area contributed by atoms with Crippen LogP contribution >= 0.6 is 0 Å². The fourth-order valence-corrected chi connectivity index (χ4v) is 5.13. The van der Waals surface area contributed by atoms with E-state index in [1.165, 1.54) is 44.9 Å². The Morgan fingerprint density at radius 2 is 2.05 bits per heavy atom. The third kappa shape index (κ3) is 2.16. The van der Waals surface area contributed by atoms with Crippen molar-refractivity contribution in [2.24, 2.45) is 23.2 Å². The molecule has 1 fully saturated rings. The Labute approximate surface area is 124 Å². The van der Waals surface area contributed by atoms with Crippen molar-refractivity contribution in [1.29, 1.82) is 0 Å². The highest BCUT2D eigenvalue weighted by Gasteiger charge is 2.43. The van der Waals surface area contributed by atoms with E-state index in [4.69, 9.17) is 6.42 Å². The first-order chi connectivity index (χ1) is 9.55. The predicted molar refractivity (Wildman–Crippen MR) is 86.2 cm³/mol. The number of hydrogen-bond donors (Lipinski definition) is 0. The summed E-state index contributed by atoms with van der Waals surface area (Å²) in [7, 11) is 0. The van der Waals surface area contributed by atoms with E-state index in [0.29, 0.717) is 11.3 Å². The normalized spacial score (nSPS) is 41.1. The van der Waals surface area contributed by atoms with Gasteiger partial charge in [-0.1, -0.05) is 35.6 Å². The molecule has 0 aliphatic heterocycles. The van der Waals surface area contributed by atoms with Crippen molar-refractivity contribution in [1.82, 2.24) is 0 Å². The van der Waals surface area contributed by atoms with Crippen LogP contribution in [0.25, 0.3) is 0 Å². The first kappa shape index (κ1) is 14.0. The molecular formula is C20H28. The predicted octanol–water partition coefficient (Wildman–Crippen LogP) is 5.51. The van der Waals surface area contributed by atoms with Gasteiger partial charge in [0.2, 0.25) is 0 Å². The lowest BCUT2D eigenvalue weighted by Gasteiger charge is -2.48. The van der Waals surface area contributed by atoms with Crippen molar-refractivity contribution in [3.05, 3.63) is 22.8 Å². The van der Waals surface area contributed by atoms with Crippen LogP contribution in [0.15, 0.2) is 22.8 Å². The smallest absolute Gasteiger partial charge is 0.0440 e. The Balaban J connectivity index is 1.99. The molecule has 20 heavy (non-hydrogen) atoms. The van der Waals surface area contributed by atoms with Gasteiger partial charge in [0, 0.05) is 5.92 Å². The topological polar surface area (TPSA) is 0 Å². The van der Waals surface area contributed by atoms with Crippen LogP contribution in [0.1, 0.15) is 65.7 Å². The molecule has 4 unspecified atom stereocenters. The summed E-state index contributed by atoms with van der Waals surface area (Å²) < 4.78 is 0. The first-order valence-electron chi connectivity index (χ1n) is 8.36. The molecule has 0 saturated heterocycles. The second-order valence-corrected chi connectivity index (χ2v) is 7.68. The first-order valence-corrected chi connectivity index (χ1v) is 8.36. The highest BCUT2D eigenvalue weighted by atomic mass is 14.5. The van der Waals surface area contributed by atoms with Crippen LogP contribution in [0.5, 0.6) is 0 Å². The minimum absolute atomic E-state index is 0.433. The maximum atomic E-state index is 5.91. The van der Waals surface area contributed by atoms with Gasteiger partial charge in [0.1, 0.15) is 0 Å². The molecule has 0 heterocycles. The minimum atomic E-state index is 0.433. The molecule has 3 aliphatic carbocycles. The fraction of sp³-hybridized carbons (Fsp3) is 0.700. The maximum absolute atomic E-state index is 5.91. The Hall–Kier alpha value is -0.960. The molecular weight excluding hydrogens is 240 g/mol. The van der Waals surface area contributed by atoms with E-state index >= 15 is 0 Å². The molecule has 3 rings (SSSR count). The van der Waals surface area contributed by atoms with Gasteiger partial charge in [-0.15, -0.1) is 6.42 Å². The van der Waals surface area contributed by atoms with Crippen molar-refractivity contribution in [3.8, 4) is 12.3 Å². The average Bonchev–Trinajstić information content (AvgIpc) is 2.41. The Kier molecular flexibility index (Phi) is 3.57. The quantitative estimate of drug-likeness (QED) is 0.401. The summed E-state index contributed by atoms with van der Waals surface area (Å²) in [6.45, 7) is 7.22. The summed E-state index contributed by atoms with van der Waals surface area (Å²) in [5.74, 6) is 5.08. The zero-order valence-electron chi connectivity index (χ0n) is 13.3. The van der Waals surface area contributed by atoms with Gasteiger partial charge in [-0.25, -0.2) is 0 Å². The standard InChI is InChI=1S/C20H28/c1-5-17-16-9-8-14(2)18(17)10-12-20(4)11-6-7-15(3)19(20)13-16/h1,7,16-17,19H,6,8-13H2,2-4H3. The van der Waals surface area contributed by atoms with E-state index in [0.717, 1.165) is 11.8 Å². The van der Waals surface area contributed by atoms with E-state index in [1.807, 2.05) is 0 Å². The van der Waals surface area contributed by atoms with E-state index in [9.17, 15) is 0 Å². The van der Waals surface area contributed by atoms with Crippen molar-refractivity contribution >= 4 is 0 Å². The zero-order valence-corrected chi connectivity index (χ0v) is 13.3. The Morgan fingerprint density at radius 3 is 2.80 bits per heavy atom. The summed E-state index contributed by atoms with van der Waals surface area (Å²) in [5.41, 5.74) is 5.40. The van der Waals surface area contributed by atoms with Crippen LogP contribution in [-0.2, 0) is 0 Å². The lowest BCUT2D eigenvalue weighted by Crippen LogP contribution is -2.37. The molecule has 0 nitrogen and oxygen atoms in total. The van der Waals surface area contributed by atoms with Gasteiger partial charge in [0.05, 0.1) is 0 Å². The average molecular weight is 268 g/mol. The molecule has 0 N–H and O–H groups in total. The molecule has 0 heteroatoms. The van der Waals surface area contributed by atoms with Crippen LogP contribution in [-0.4, -0.2) is 0 Å². The highest BCUT2D eigenvalue weighted by molar-refractivity contribution is 5.29. The lowest BCUT2D eigenvalue weighted by atomic mass is 9.57. The van der Waals surface area contributed by atoms with Gasteiger partial charge < -0.3 is 0 Å². The van der Waals surface area contributed by atoms with Crippen molar-refractivity contribution in [2.45, 2.75) is 65.7 Å². The monoisotopic (exact) mass is 268 g/mol. The molecule has 3 aliphatic rings. The van der Waals surface area contributed by atoms with Gasteiger partial charge in [0.15, 0.2) is 0 Å². The molecule has 0 spiro atoms. The number of allylic oxidation sites excluding steroid dienone is 4. The van der Waals surface area contributed by atoms with Gasteiger partial charge in [-0.2, -0.15) is 0 Å². The van der Waals surface area contributed by atoms with Crippen molar-refractivity contribution in [2.75, 3.05) is 0 Å². The van der Waals surface area contributed by atoms with Gasteiger partial charge in [-0.05, 0) is 76.0 Å². The zero-order chi connectivity index (χ0) is 14.3. The van der Waals surface area contributed by atoms with E-state index in [-0.39, 0.29) is 0 Å². The summed E-state index contributed by atoms with van der Waals surface area (Å²) in [4.78, 5) is 0. The minimum Gasteiger partial charge on any atom is -0.119 e. The molecule has 4 atom stereocenters. The molecule has 0 amide bonds. The van der Waals surface area contributed by atoms with Gasteiger partial charge >= 0.3 is 0 Å². The Morgan fingerprint density at radius 1 is 1.25 bits per heavy atom. The second kappa shape index (κ2) is 5.10. The number of hydrogen-bond acceptors (Lipinski definition) is 0. The fourth-order valence-electron chi connectivity index (χ4n) is 5.13. The number of fused-ring (bicyclic) bond motifs is 3. The molecule has 0 aromatic heterocycles. The van der Waals surface area contributed by atoms with Crippen molar-refractivity contribution < 1.29 is 0 Å². The summed E-state index contributed by atoms with van der Waals surface area (Å²) in [6, 6.07) is 0. The van der Waals surface area contributed by atoms with E-state index in [1.54, 1.807) is 16.7 Å². The van der Waals surface area contributed by atoms with Crippen LogP contribution in [0.2, 0.25) is 0 Å². The Bertz CT molecular complexity index is 499. The molecule has 0 aromatic carbocycles. The second-order valence-electron chi connectivity index (χ2n) is 7.68. The van der Waals surface area contributed by atoms with Gasteiger partial charge in [-0.3, -0.25) is 0 Å². The molecule has 2 bridgehead atoms. The summed E-state index contributed by atoms with van der Waals surface area (Å²) in [5, 5.41) is 0. The van der Waals surface area contributed by atoms with Gasteiger partial charge in [0.25, 0.3) is 0 Å². The molecule has 0 aromatic rings. The van der Waals surface area contributed by atoms with Crippen LogP contribution in [0.3, 0.4) is 0 Å². The number of rotatable bonds is 0. The summed E-state index contributed by atoms with van der Waals surface area (Å²) in [6.07, 6.45) is 17.5. The molecule has 1 saturated carbocycles. The maximum Gasteiger partial charge on any atom is 0.0440 e. The third-order valence-electron chi connectivity index (χ3n) is 6.54. The van der Waals surface area contributed by atoms with Crippen LogP contribution in [0, 0.1) is 35.5 Å². The molecule has 108 valence electrons. The van der Waals surface area contributed by atoms with Crippen molar-refractivity contribution in [3.63, 3.8) is 0 Å². The highest BCUT2D eigenvalue weighted by Crippen LogP contribution is 2.53. The van der Waals surface area contributed by atoms with E-state index < -0.39 is 0 Å².